The van der Waals surface area contributed by atoms with Crippen LogP contribution in [0, 0.1) is 10.1 Å². The van der Waals surface area contributed by atoms with E-state index in [1.54, 1.807) is 6.07 Å². The van der Waals surface area contributed by atoms with Gasteiger partial charge in [-0.3, -0.25) is 14.9 Å². The Kier molecular flexibility index (Phi) is 4.01. The number of hydrogen-bond donors (Lipinski definition) is 0. The van der Waals surface area contributed by atoms with Crippen molar-refractivity contribution in [2.24, 2.45) is 0 Å². The van der Waals surface area contributed by atoms with E-state index < -0.39 is 4.92 Å². The number of non-ortho nitro benzene ring substituents is 1. The van der Waals surface area contributed by atoms with Crippen LogP contribution < -0.4 is 4.74 Å². The van der Waals surface area contributed by atoms with E-state index in [0.717, 1.165) is 10.8 Å². The lowest BCUT2D eigenvalue weighted by Gasteiger charge is -2.07. The Morgan fingerprint density at radius 1 is 0.957 bits per heavy atom. The number of carbonyl (C=O) groups excluding carboxylic acids is 1. The lowest BCUT2D eigenvalue weighted by Crippen LogP contribution is -2.12. The first-order valence-corrected chi connectivity index (χ1v) is 7.03. The average molecular weight is 307 g/mol. The molecule has 0 aliphatic heterocycles. The van der Waals surface area contributed by atoms with Gasteiger partial charge in [-0.1, -0.05) is 42.5 Å². The van der Waals surface area contributed by atoms with E-state index in [-0.39, 0.29) is 18.1 Å². The van der Waals surface area contributed by atoms with Crippen LogP contribution >= 0.6 is 0 Å². The van der Waals surface area contributed by atoms with Crippen LogP contribution in [-0.4, -0.2) is 17.3 Å². The molecule has 0 spiro atoms. The lowest BCUT2D eigenvalue weighted by atomic mass is 10.0. The van der Waals surface area contributed by atoms with E-state index in [4.69, 9.17) is 4.74 Å². The number of rotatable bonds is 5. The topological polar surface area (TPSA) is 69.4 Å². The summed E-state index contributed by atoms with van der Waals surface area (Å²) in [6.45, 7) is -0.119. The maximum atomic E-state index is 12.4. The van der Waals surface area contributed by atoms with Gasteiger partial charge >= 0.3 is 0 Å². The van der Waals surface area contributed by atoms with Crippen LogP contribution in [0.3, 0.4) is 0 Å². The first kappa shape index (κ1) is 14.7. The summed E-state index contributed by atoms with van der Waals surface area (Å²) >= 11 is 0. The fourth-order valence-electron chi connectivity index (χ4n) is 2.36. The van der Waals surface area contributed by atoms with Crippen molar-refractivity contribution in [3.05, 3.63) is 82.4 Å². The predicted molar refractivity (Wildman–Crippen MR) is 86.9 cm³/mol. The van der Waals surface area contributed by atoms with Crippen LogP contribution in [-0.2, 0) is 0 Å². The molecular weight excluding hydrogens is 294 g/mol. The third kappa shape index (κ3) is 3.18. The second kappa shape index (κ2) is 6.27. The van der Waals surface area contributed by atoms with Crippen LogP contribution in [0.1, 0.15) is 10.4 Å². The van der Waals surface area contributed by atoms with Gasteiger partial charge < -0.3 is 4.74 Å². The summed E-state index contributed by atoms with van der Waals surface area (Å²) in [5, 5.41) is 12.5. The quantitative estimate of drug-likeness (QED) is 0.406. The van der Waals surface area contributed by atoms with Crippen molar-refractivity contribution in [2.45, 2.75) is 0 Å². The minimum atomic E-state index is -0.481. The van der Waals surface area contributed by atoms with Crippen LogP contribution in [0.2, 0.25) is 0 Å². The molecule has 0 aliphatic carbocycles. The number of carbonyl (C=O) groups is 1. The zero-order valence-electron chi connectivity index (χ0n) is 12.1. The highest BCUT2D eigenvalue weighted by atomic mass is 16.6. The van der Waals surface area contributed by atoms with E-state index in [9.17, 15) is 14.9 Å². The number of nitro groups is 1. The highest BCUT2D eigenvalue weighted by Gasteiger charge is 2.11. The molecule has 3 aromatic carbocycles. The van der Waals surface area contributed by atoms with Crippen LogP contribution in [0.4, 0.5) is 5.69 Å². The smallest absolute Gasteiger partial charge is 0.269 e. The van der Waals surface area contributed by atoms with Crippen molar-refractivity contribution >= 4 is 22.2 Å². The number of Topliss-reactive ketones (excluding diaryl/α,β-unsaturated/α-hetero) is 1. The minimum absolute atomic E-state index is 0.0160. The summed E-state index contributed by atoms with van der Waals surface area (Å²) in [6.07, 6.45) is 0. The monoisotopic (exact) mass is 307 g/mol. The molecule has 114 valence electrons. The molecule has 0 heterocycles. The molecule has 0 aromatic heterocycles. The zero-order chi connectivity index (χ0) is 16.2. The van der Waals surface area contributed by atoms with Gasteiger partial charge in [0.15, 0.2) is 6.61 Å². The molecule has 5 heteroatoms. The summed E-state index contributed by atoms with van der Waals surface area (Å²) in [4.78, 5) is 22.5. The van der Waals surface area contributed by atoms with Gasteiger partial charge in [-0.2, -0.15) is 0 Å². The molecule has 3 aromatic rings. The molecule has 0 aliphatic rings. The summed E-state index contributed by atoms with van der Waals surface area (Å²) < 4.78 is 5.43. The molecular formula is C18H13NO4. The van der Waals surface area contributed by atoms with Crippen molar-refractivity contribution in [1.29, 1.82) is 0 Å². The summed E-state index contributed by atoms with van der Waals surface area (Å²) in [7, 11) is 0. The molecule has 0 radical (unpaired) electrons. The third-order valence-electron chi connectivity index (χ3n) is 3.51. The summed E-state index contributed by atoms with van der Waals surface area (Å²) in [5.74, 6) is 0.282. The molecule has 5 nitrogen and oxygen atoms in total. The maximum Gasteiger partial charge on any atom is 0.269 e. The zero-order valence-corrected chi connectivity index (χ0v) is 12.1. The number of ether oxygens (including phenoxy) is 1. The van der Waals surface area contributed by atoms with Gasteiger partial charge in [-0.05, 0) is 22.9 Å². The van der Waals surface area contributed by atoms with E-state index in [1.807, 2.05) is 36.4 Å². The Bertz CT molecular complexity index is 866. The highest BCUT2D eigenvalue weighted by molar-refractivity contribution is 6.08. The average Bonchev–Trinajstić information content (AvgIpc) is 2.59. The van der Waals surface area contributed by atoms with Crippen molar-refractivity contribution < 1.29 is 14.5 Å². The van der Waals surface area contributed by atoms with Gasteiger partial charge in [0, 0.05) is 17.7 Å². The highest BCUT2D eigenvalue weighted by Crippen LogP contribution is 2.20. The largest absolute Gasteiger partial charge is 0.485 e. The molecule has 0 atom stereocenters. The lowest BCUT2D eigenvalue weighted by molar-refractivity contribution is -0.384. The number of fused-ring (bicyclic) bond motifs is 1. The van der Waals surface area contributed by atoms with E-state index in [2.05, 4.69) is 0 Å². The Balaban J connectivity index is 1.75. The predicted octanol–water partition coefficient (Wildman–Crippen LogP) is 4.01. The SMILES string of the molecule is O=C(COc1ccc([N+](=O)[O-])cc1)c1cccc2ccccc12. The Morgan fingerprint density at radius 2 is 1.65 bits per heavy atom. The normalized spacial score (nSPS) is 10.4. The Labute approximate surface area is 132 Å². The second-order valence-corrected chi connectivity index (χ2v) is 4.99. The van der Waals surface area contributed by atoms with Crippen LogP contribution in [0.5, 0.6) is 5.75 Å². The molecule has 0 saturated heterocycles. The number of ketones is 1. The maximum absolute atomic E-state index is 12.4. The van der Waals surface area contributed by atoms with Gasteiger partial charge in [-0.25, -0.2) is 0 Å². The first-order chi connectivity index (χ1) is 11.1. The summed E-state index contributed by atoms with van der Waals surface area (Å²) in [6, 6.07) is 18.9. The van der Waals surface area contributed by atoms with Gasteiger partial charge in [-0.15, -0.1) is 0 Å². The Morgan fingerprint density at radius 3 is 2.39 bits per heavy atom. The van der Waals surface area contributed by atoms with Gasteiger partial charge in [0.05, 0.1) is 4.92 Å². The molecule has 23 heavy (non-hydrogen) atoms. The second-order valence-electron chi connectivity index (χ2n) is 4.99. The van der Waals surface area contributed by atoms with Crippen LogP contribution in [0.25, 0.3) is 10.8 Å². The number of hydrogen-bond acceptors (Lipinski definition) is 4. The molecule has 0 unspecified atom stereocenters. The first-order valence-electron chi connectivity index (χ1n) is 7.03. The minimum Gasteiger partial charge on any atom is -0.485 e. The van der Waals surface area contributed by atoms with E-state index in [1.165, 1.54) is 24.3 Å². The van der Waals surface area contributed by atoms with Crippen molar-refractivity contribution in [1.82, 2.24) is 0 Å². The van der Waals surface area contributed by atoms with Crippen molar-refractivity contribution in [3.63, 3.8) is 0 Å². The number of nitro benzene ring substituents is 1. The molecule has 0 N–H and O–H groups in total. The molecule has 0 amide bonds. The van der Waals surface area contributed by atoms with E-state index in [0.29, 0.717) is 11.3 Å². The standard InChI is InChI=1S/C18H13NO4/c20-18(12-23-15-10-8-14(9-11-15)19(21)22)17-7-3-5-13-4-1-2-6-16(13)17/h1-11H,12H2. The van der Waals surface area contributed by atoms with Gasteiger partial charge in [0.1, 0.15) is 5.75 Å². The third-order valence-corrected chi connectivity index (χ3v) is 3.51. The Hall–Kier alpha value is -3.21. The van der Waals surface area contributed by atoms with Crippen molar-refractivity contribution in [3.8, 4) is 5.75 Å². The molecule has 0 saturated carbocycles. The fourth-order valence-corrected chi connectivity index (χ4v) is 2.36. The molecule has 0 fully saturated rings. The van der Waals surface area contributed by atoms with Crippen LogP contribution in [0.15, 0.2) is 66.7 Å². The van der Waals surface area contributed by atoms with Gasteiger partial charge in [0.25, 0.3) is 5.69 Å². The fraction of sp³-hybridized carbons (Fsp3) is 0.0556. The number of benzene rings is 3. The molecule has 3 rings (SSSR count). The molecule has 0 bridgehead atoms. The van der Waals surface area contributed by atoms with Gasteiger partial charge in [0.2, 0.25) is 5.78 Å². The summed E-state index contributed by atoms with van der Waals surface area (Å²) in [5.41, 5.74) is 0.586. The van der Waals surface area contributed by atoms with E-state index >= 15 is 0 Å². The van der Waals surface area contributed by atoms with Crippen molar-refractivity contribution in [2.75, 3.05) is 6.61 Å². The number of nitrogens with zero attached hydrogens (tertiary/aromatic N) is 1.